The number of ether oxygens (including phenoxy) is 1. The SMILES string of the molecule is C=Cc1cn(S(=O)(=O)C2(C)C=CC=CC2)c2ccnc(N3C[C@@H](C)N(C(=O)OC(C)(C)C)C[C@@H]3C)c12. The highest BCUT2D eigenvalue weighted by atomic mass is 32.2. The summed E-state index contributed by atoms with van der Waals surface area (Å²) in [7, 11) is -3.77. The van der Waals surface area contributed by atoms with Gasteiger partial charge in [-0.2, -0.15) is 0 Å². The van der Waals surface area contributed by atoms with E-state index < -0.39 is 20.4 Å². The first-order valence-corrected chi connectivity index (χ1v) is 13.7. The molecular formula is C27H36N4O4S. The van der Waals surface area contributed by atoms with Crippen LogP contribution in [0.5, 0.6) is 0 Å². The third kappa shape index (κ3) is 4.45. The van der Waals surface area contributed by atoms with Gasteiger partial charge in [0.15, 0.2) is 0 Å². The van der Waals surface area contributed by atoms with E-state index in [-0.39, 0.29) is 18.2 Å². The summed E-state index contributed by atoms with van der Waals surface area (Å²) < 4.78 is 33.6. The Morgan fingerprint density at radius 3 is 2.56 bits per heavy atom. The van der Waals surface area contributed by atoms with Gasteiger partial charge < -0.3 is 14.5 Å². The summed E-state index contributed by atoms with van der Waals surface area (Å²) in [5.41, 5.74) is 0.691. The normalized spacial score (nSPS) is 24.8. The van der Waals surface area contributed by atoms with Crippen molar-refractivity contribution in [2.45, 2.75) is 70.4 Å². The molecule has 2 aromatic heterocycles. The molecule has 194 valence electrons. The second-order valence-corrected chi connectivity index (χ2v) is 13.2. The predicted molar refractivity (Wildman–Crippen MR) is 145 cm³/mol. The van der Waals surface area contributed by atoms with E-state index in [4.69, 9.17) is 4.74 Å². The van der Waals surface area contributed by atoms with Crippen molar-refractivity contribution >= 4 is 38.9 Å². The molecule has 1 aliphatic carbocycles. The summed E-state index contributed by atoms with van der Waals surface area (Å²) in [4.78, 5) is 21.4. The third-order valence-electron chi connectivity index (χ3n) is 6.86. The number of hydrogen-bond donors (Lipinski definition) is 0. The van der Waals surface area contributed by atoms with Crippen LogP contribution < -0.4 is 4.90 Å². The Kier molecular flexibility index (Phi) is 6.58. The molecule has 0 N–H and O–H groups in total. The Morgan fingerprint density at radius 1 is 1.22 bits per heavy atom. The molecule has 1 saturated heterocycles. The smallest absolute Gasteiger partial charge is 0.410 e. The second kappa shape index (κ2) is 9.10. The van der Waals surface area contributed by atoms with Crippen LogP contribution in [0, 0.1) is 0 Å². The number of anilines is 1. The Hall–Kier alpha value is -3.07. The van der Waals surface area contributed by atoms with Crippen LogP contribution in [-0.4, -0.2) is 63.9 Å². The maximum absolute atomic E-state index is 13.8. The van der Waals surface area contributed by atoms with Crippen molar-refractivity contribution in [3.63, 3.8) is 0 Å². The van der Waals surface area contributed by atoms with Gasteiger partial charge in [0.25, 0.3) is 0 Å². The van der Waals surface area contributed by atoms with Crippen LogP contribution in [0.3, 0.4) is 0 Å². The molecule has 9 heteroatoms. The van der Waals surface area contributed by atoms with Crippen LogP contribution in [0.4, 0.5) is 10.6 Å². The van der Waals surface area contributed by atoms with Gasteiger partial charge in [-0.25, -0.2) is 22.2 Å². The topological polar surface area (TPSA) is 84.7 Å². The number of piperazine rings is 1. The highest BCUT2D eigenvalue weighted by molar-refractivity contribution is 7.91. The van der Waals surface area contributed by atoms with Gasteiger partial charge in [0.1, 0.15) is 16.2 Å². The van der Waals surface area contributed by atoms with Gasteiger partial charge in [-0.3, -0.25) is 0 Å². The van der Waals surface area contributed by atoms with Gasteiger partial charge in [-0.05, 0) is 54.0 Å². The number of aromatic nitrogens is 2. The van der Waals surface area contributed by atoms with Crippen LogP contribution in [0.2, 0.25) is 0 Å². The van der Waals surface area contributed by atoms with E-state index in [1.165, 1.54) is 3.97 Å². The first kappa shape index (κ1) is 26.0. The van der Waals surface area contributed by atoms with E-state index in [1.807, 2.05) is 46.8 Å². The van der Waals surface area contributed by atoms with E-state index in [2.05, 4.69) is 16.5 Å². The van der Waals surface area contributed by atoms with Gasteiger partial charge in [-0.1, -0.05) is 37.0 Å². The van der Waals surface area contributed by atoms with Crippen molar-refractivity contribution in [2.24, 2.45) is 0 Å². The molecule has 0 bridgehead atoms. The van der Waals surface area contributed by atoms with Gasteiger partial charge in [-0.15, -0.1) is 0 Å². The molecular weight excluding hydrogens is 476 g/mol. The van der Waals surface area contributed by atoms with Crippen LogP contribution >= 0.6 is 0 Å². The first-order valence-electron chi connectivity index (χ1n) is 12.3. The third-order valence-corrected chi connectivity index (χ3v) is 9.17. The maximum atomic E-state index is 13.8. The Balaban J connectivity index is 1.75. The van der Waals surface area contributed by atoms with Gasteiger partial charge in [0.2, 0.25) is 10.0 Å². The van der Waals surface area contributed by atoms with Gasteiger partial charge >= 0.3 is 6.09 Å². The number of hydrogen-bond acceptors (Lipinski definition) is 6. The molecule has 1 aliphatic heterocycles. The fourth-order valence-electron chi connectivity index (χ4n) is 4.85. The Labute approximate surface area is 214 Å². The number of rotatable bonds is 4. The highest BCUT2D eigenvalue weighted by Gasteiger charge is 2.40. The lowest BCUT2D eigenvalue weighted by molar-refractivity contribution is 0.0130. The molecule has 4 rings (SSSR count). The number of carbonyl (C=O) groups excluding carboxylic acids is 1. The molecule has 0 radical (unpaired) electrons. The summed E-state index contributed by atoms with van der Waals surface area (Å²) in [5.74, 6) is 0.684. The number of pyridine rings is 1. The number of carbonyl (C=O) groups is 1. The standard InChI is InChI=1S/C27H36N4O4S/c1-8-21-18-31(36(33,34)27(7)13-10-9-11-14-27)22-12-15-28-24(23(21)22)29-16-20(3)30(17-19(29)2)25(32)35-26(4,5)6/h8-13,15,18-20H,1,14,16-17H2,2-7H3/t19-,20+,27?/m0/s1. The molecule has 1 fully saturated rings. The largest absolute Gasteiger partial charge is 0.444 e. The lowest BCUT2D eigenvalue weighted by Gasteiger charge is -2.44. The minimum Gasteiger partial charge on any atom is -0.444 e. The minimum absolute atomic E-state index is 0.0617. The average molecular weight is 513 g/mol. The van der Waals surface area contributed by atoms with Crippen molar-refractivity contribution in [3.8, 4) is 0 Å². The van der Waals surface area contributed by atoms with E-state index in [0.717, 1.165) is 5.39 Å². The molecule has 0 spiro atoms. The molecule has 2 aromatic rings. The minimum atomic E-state index is -3.77. The van der Waals surface area contributed by atoms with Crippen molar-refractivity contribution < 1.29 is 17.9 Å². The molecule has 36 heavy (non-hydrogen) atoms. The van der Waals surface area contributed by atoms with Crippen molar-refractivity contribution in [1.82, 2.24) is 13.9 Å². The van der Waals surface area contributed by atoms with E-state index in [0.29, 0.717) is 36.4 Å². The Bertz CT molecular complexity index is 1350. The van der Waals surface area contributed by atoms with Crippen LogP contribution in [0.25, 0.3) is 17.0 Å². The molecule has 2 aliphatic rings. The van der Waals surface area contributed by atoms with Crippen LogP contribution in [0.15, 0.2) is 49.3 Å². The van der Waals surface area contributed by atoms with Gasteiger partial charge in [0.05, 0.1) is 10.9 Å². The maximum Gasteiger partial charge on any atom is 0.410 e. The number of allylic oxidation sites excluding steroid dienone is 3. The monoisotopic (exact) mass is 512 g/mol. The zero-order chi connectivity index (χ0) is 26.5. The van der Waals surface area contributed by atoms with Crippen LogP contribution in [0.1, 0.15) is 53.5 Å². The zero-order valence-corrected chi connectivity index (χ0v) is 22.7. The first-order chi connectivity index (χ1) is 16.8. The number of nitrogens with zero attached hydrogens (tertiary/aromatic N) is 4. The highest BCUT2D eigenvalue weighted by Crippen LogP contribution is 2.37. The van der Waals surface area contributed by atoms with E-state index in [1.54, 1.807) is 48.5 Å². The van der Waals surface area contributed by atoms with Crippen molar-refractivity contribution in [1.29, 1.82) is 0 Å². The van der Waals surface area contributed by atoms with E-state index >= 15 is 0 Å². The summed E-state index contributed by atoms with van der Waals surface area (Å²) >= 11 is 0. The zero-order valence-electron chi connectivity index (χ0n) is 21.9. The Morgan fingerprint density at radius 2 is 1.94 bits per heavy atom. The molecule has 3 atom stereocenters. The van der Waals surface area contributed by atoms with Crippen molar-refractivity contribution in [3.05, 3.63) is 54.9 Å². The summed E-state index contributed by atoms with van der Waals surface area (Å²) in [6, 6.07) is 1.55. The summed E-state index contributed by atoms with van der Waals surface area (Å²) in [5, 5.41) is 0.736. The molecule has 0 aromatic carbocycles. The fourth-order valence-corrected chi connectivity index (χ4v) is 6.52. The lowest BCUT2D eigenvalue weighted by Crippen LogP contribution is -2.59. The van der Waals surface area contributed by atoms with Crippen molar-refractivity contribution in [2.75, 3.05) is 18.0 Å². The lowest BCUT2D eigenvalue weighted by atomic mass is 10.0. The fraction of sp³-hybridized carbons (Fsp3) is 0.481. The molecule has 1 amide bonds. The number of fused-ring (bicyclic) bond motifs is 1. The molecule has 1 unspecified atom stereocenters. The molecule has 3 heterocycles. The van der Waals surface area contributed by atoms with E-state index in [9.17, 15) is 13.2 Å². The molecule has 0 saturated carbocycles. The molecule has 8 nitrogen and oxygen atoms in total. The van der Waals surface area contributed by atoms with Crippen LogP contribution in [-0.2, 0) is 14.8 Å². The average Bonchev–Trinajstić information content (AvgIpc) is 3.19. The summed E-state index contributed by atoms with van der Waals surface area (Å²) in [6.07, 6.45) is 12.3. The second-order valence-electron chi connectivity index (χ2n) is 10.9. The quantitative estimate of drug-likeness (QED) is 0.575. The summed E-state index contributed by atoms with van der Waals surface area (Å²) in [6.45, 7) is 16.3. The van der Waals surface area contributed by atoms with Gasteiger partial charge in [0, 0.05) is 43.1 Å². The predicted octanol–water partition coefficient (Wildman–Crippen LogP) is 4.97. The number of amides is 1.